The van der Waals surface area contributed by atoms with Crippen LogP contribution in [0, 0.1) is 5.41 Å². The number of hydrogen-bond donors (Lipinski definition) is 2. The molecular weight excluding hydrogens is 244 g/mol. The molecule has 0 saturated heterocycles. The molecular formula is C10H15BrN2O. The number of halogens is 1. The molecule has 14 heavy (non-hydrogen) atoms. The zero-order chi connectivity index (χ0) is 10.6. The Morgan fingerprint density at radius 3 is 2.71 bits per heavy atom. The highest BCUT2D eigenvalue weighted by Crippen LogP contribution is 2.15. The molecule has 1 aromatic rings. The van der Waals surface area contributed by atoms with Crippen LogP contribution < -0.4 is 5.32 Å². The zero-order valence-corrected chi connectivity index (χ0v) is 10.0. The highest BCUT2D eigenvalue weighted by Gasteiger charge is 2.15. The zero-order valence-electron chi connectivity index (χ0n) is 8.42. The van der Waals surface area contributed by atoms with Gasteiger partial charge in [0.2, 0.25) is 0 Å². The van der Waals surface area contributed by atoms with Gasteiger partial charge in [-0.2, -0.15) is 0 Å². The second-order valence-electron chi connectivity index (χ2n) is 4.04. The second kappa shape index (κ2) is 4.75. The van der Waals surface area contributed by atoms with Gasteiger partial charge in [-0.05, 0) is 28.1 Å². The van der Waals surface area contributed by atoms with Gasteiger partial charge in [0, 0.05) is 29.2 Å². The number of nitrogens with one attached hydrogen (secondary N) is 1. The molecule has 0 atom stereocenters. The Bertz CT molecular complexity index is 285. The van der Waals surface area contributed by atoms with Crippen molar-refractivity contribution in [3.8, 4) is 0 Å². The summed E-state index contributed by atoms with van der Waals surface area (Å²) in [5.74, 6) is 0.828. The summed E-state index contributed by atoms with van der Waals surface area (Å²) in [6.07, 6.45) is 1.74. The molecule has 78 valence electrons. The van der Waals surface area contributed by atoms with E-state index in [2.05, 4.69) is 26.2 Å². The molecule has 0 fully saturated rings. The van der Waals surface area contributed by atoms with Crippen molar-refractivity contribution in [3.05, 3.63) is 22.8 Å². The summed E-state index contributed by atoms with van der Waals surface area (Å²) >= 11 is 3.32. The average molecular weight is 259 g/mol. The standard InChI is InChI=1S/C10H15BrN2O/c1-10(2,7-14)6-13-9-4-3-8(11)5-12-9/h3-5,14H,6-7H2,1-2H3,(H,12,13). The van der Waals surface area contributed by atoms with Crippen LogP contribution in [0.4, 0.5) is 5.82 Å². The Morgan fingerprint density at radius 1 is 1.50 bits per heavy atom. The molecule has 0 aliphatic rings. The van der Waals surface area contributed by atoms with Gasteiger partial charge in [0.15, 0.2) is 0 Å². The van der Waals surface area contributed by atoms with Crippen molar-refractivity contribution in [1.29, 1.82) is 0 Å². The van der Waals surface area contributed by atoms with Crippen molar-refractivity contribution in [3.63, 3.8) is 0 Å². The number of rotatable bonds is 4. The topological polar surface area (TPSA) is 45.1 Å². The van der Waals surface area contributed by atoms with Crippen LogP contribution in [0.3, 0.4) is 0 Å². The minimum absolute atomic E-state index is 0.116. The number of aliphatic hydroxyl groups excluding tert-OH is 1. The molecule has 0 saturated carbocycles. The number of anilines is 1. The summed E-state index contributed by atoms with van der Waals surface area (Å²) in [6, 6.07) is 3.83. The van der Waals surface area contributed by atoms with Gasteiger partial charge >= 0.3 is 0 Å². The summed E-state index contributed by atoms with van der Waals surface area (Å²) in [6.45, 7) is 4.87. The molecule has 0 aliphatic heterocycles. The smallest absolute Gasteiger partial charge is 0.125 e. The lowest BCUT2D eigenvalue weighted by Crippen LogP contribution is -2.27. The molecule has 0 bridgehead atoms. The molecule has 0 aromatic carbocycles. The van der Waals surface area contributed by atoms with Crippen molar-refractivity contribution in [1.82, 2.24) is 4.98 Å². The number of aromatic nitrogens is 1. The number of aliphatic hydroxyl groups is 1. The third-order valence-electron chi connectivity index (χ3n) is 1.90. The summed E-state index contributed by atoms with van der Waals surface area (Å²) in [5.41, 5.74) is -0.116. The molecule has 0 aliphatic carbocycles. The first kappa shape index (κ1) is 11.5. The third-order valence-corrected chi connectivity index (χ3v) is 2.37. The Labute approximate surface area is 92.7 Å². The van der Waals surface area contributed by atoms with Crippen LogP contribution in [0.2, 0.25) is 0 Å². The van der Waals surface area contributed by atoms with Gasteiger partial charge < -0.3 is 10.4 Å². The minimum Gasteiger partial charge on any atom is -0.396 e. The lowest BCUT2D eigenvalue weighted by Gasteiger charge is -2.22. The summed E-state index contributed by atoms with van der Waals surface area (Å²) in [7, 11) is 0. The van der Waals surface area contributed by atoms with E-state index in [9.17, 15) is 0 Å². The van der Waals surface area contributed by atoms with Crippen LogP contribution in [-0.2, 0) is 0 Å². The monoisotopic (exact) mass is 258 g/mol. The van der Waals surface area contributed by atoms with E-state index in [1.807, 2.05) is 26.0 Å². The molecule has 1 heterocycles. The normalized spacial score (nSPS) is 11.4. The van der Waals surface area contributed by atoms with E-state index in [4.69, 9.17) is 5.11 Å². The maximum Gasteiger partial charge on any atom is 0.125 e. The van der Waals surface area contributed by atoms with Gasteiger partial charge in [-0.25, -0.2) is 4.98 Å². The maximum atomic E-state index is 9.05. The molecule has 2 N–H and O–H groups in total. The largest absolute Gasteiger partial charge is 0.396 e. The lowest BCUT2D eigenvalue weighted by atomic mass is 9.95. The van der Waals surface area contributed by atoms with Gasteiger partial charge in [-0.15, -0.1) is 0 Å². The van der Waals surface area contributed by atoms with Crippen LogP contribution >= 0.6 is 15.9 Å². The molecule has 0 amide bonds. The van der Waals surface area contributed by atoms with E-state index >= 15 is 0 Å². The third kappa shape index (κ3) is 3.64. The van der Waals surface area contributed by atoms with Crippen molar-refractivity contribution < 1.29 is 5.11 Å². The van der Waals surface area contributed by atoms with Gasteiger partial charge in [0.25, 0.3) is 0 Å². The van der Waals surface area contributed by atoms with E-state index < -0.39 is 0 Å². The first-order valence-corrected chi connectivity index (χ1v) is 5.29. The Kier molecular flexibility index (Phi) is 3.89. The first-order valence-electron chi connectivity index (χ1n) is 4.50. The van der Waals surface area contributed by atoms with Crippen molar-refractivity contribution >= 4 is 21.7 Å². The number of nitrogens with zero attached hydrogens (tertiary/aromatic N) is 1. The minimum atomic E-state index is -0.116. The quantitative estimate of drug-likeness (QED) is 0.871. The van der Waals surface area contributed by atoms with E-state index in [0.717, 1.165) is 10.3 Å². The second-order valence-corrected chi connectivity index (χ2v) is 4.95. The van der Waals surface area contributed by atoms with Gasteiger partial charge in [0.05, 0.1) is 0 Å². The molecule has 3 nitrogen and oxygen atoms in total. The van der Waals surface area contributed by atoms with Crippen LogP contribution in [0.1, 0.15) is 13.8 Å². The van der Waals surface area contributed by atoms with Crippen LogP contribution in [0.15, 0.2) is 22.8 Å². The molecule has 0 spiro atoms. The maximum absolute atomic E-state index is 9.05. The number of hydrogen-bond acceptors (Lipinski definition) is 3. The Morgan fingerprint density at radius 2 is 2.21 bits per heavy atom. The number of pyridine rings is 1. The summed E-state index contributed by atoms with van der Waals surface area (Å²) in [4.78, 5) is 4.18. The molecule has 0 unspecified atom stereocenters. The van der Waals surface area contributed by atoms with Gasteiger partial charge in [0.1, 0.15) is 5.82 Å². The molecule has 1 aromatic heterocycles. The fourth-order valence-corrected chi connectivity index (χ4v) is 1.10. The van der Waals surface area contributed by atoms with Crippen molar-refractivity contribution in [2.45, 2.75) is 13.8 Å². The summed E-state index contributed by atoms with van der Waals surface area (Å²) in [5, 5.41) is 12.2. The van der Waals surface area contributed by atoms with Crippen LogP contribution in [-0.4, -0.2) is 23.2 Å². The Hall–Kier alpha value is -0.610. The van der Waals surface area contributed by atoms with Crippen LogP contribution in [0.5, 0.6) is 0 Å². The predicted octanol–water partition coefficient (Wildman–Crippen LogP) is 2.27. The fourth-order valence-electron chi connectivity index (χ4n) is 0.866. The molecule has 4 heteroatoms. The van der Waals surface area contributed by atoms with Crippen molar-refractivity contribution in [2.24, 2.45) is 5.41 Å². The Balaban J connectivity index is 2.50. The fraction of sp³-hybridized carbons (Fsp3) is 0.500. The average Bonchev–Trinajstić information content (AvgIpc) is 2.17. The van der Waals surface area contributed by atoms with Crippen molar-refractivity contribution in [2.75, 3.05) is 18.5 Å². The highest BCUT2D eigenvalue weighted by atomic mass is 79.9. The lowest BCUT2D eigenvalue weighted by molar-refractivity contribution is 0.170. The van der Waals surface area contributed by atoms with Gasteiger partial charge in [-0.3, -0.25) is 0 Å². The predicted molar refractivity (Wildman–Crippen MR) is 61.3 cm³/mol. The van der Waals surface area contributed by atoms with E-state index in [-0.39, 0.29) is 12.0 Å². The van der Waals surface area contributed by atoms with Crippen LogP contribution in [0.25, 0.3) is 0 Å². The SMILES string of the molecule is CC(C)(CO)CNc1ccc(Br)cn1. The summed E-state index contributed by atoms with van der Waals surface area (Å²) < 4.78 is 0.962. The van der Waals surface area contributed by atoms with Gasteiger partial charge in [-0.1, -0.05) is 13.8 Å². The van der Waals surface area contributed by atoms with E-state index in [1.165, 1.54) is 0 Å². The highest BCUT2D eigenvalue weighted by molar-refractivity contribution is 9.10. The first-order chi connectivity index (χ1) is 6.53. The molecule has 0 radical (unpaired) electrons. The van der Waals surface area contributed by atoms with E-state index in [0.29, 0.717) is 6.54 Å². The molecule has 1 rings (SSSR count). The van der Waals surface area contributed by atoms with E-state index in [1.54, 1.807) is 6.20 Å².